The number of hydrogen-bond acceptors (Lipinski definition) is 1. The van der Waals surface area contributed by atoms with Crippen LogP contribution in [0.4, 0.5) is 4.39 Å². The fraction of sp³-hybridized carbons (Fsp3) is 0.0556. The number of rotatable bonds is 2. The van der Waals surface area contributed by atoms with Crippen molar-refractivity contribution < 1.29 is 9.18 Å². The molecule has 0 amide bonds. The summed E-state index contributed by atoms with van der Waals surface area (Å²) in [5.41, 5.74) is 2.53. The Kier molecular flexibility index (Phi) is 3.07. The van der Waals surface area contributed by atoms with Crippen LogP contribution in [-0.4, -0.2) is 5.78 Å². The molecule has 3 aromatic carbocycles. The molecule has 0 saturated heterocycles. The van der Waals surface area contributed by atoms with E-state index in [-0.39, 0.29) is 11.6 Å². The van der Waals surface area contributed by atoms with E-state index in [4.69, 9.17) is 0 Å². The van der Waals surface area contributed by atoms with E-state index in [1.807, 2.05) is 36.4 Å². The molecule has 0 atom stereocenters. The first kappa shape index (κ1) is 12.5. The molecule has 98 valence electrons. The number of carbonyl (C=O) groups excluding carboxylic acids is 1. The van der Waals surface area contributed by atoms with Crippen LogP contribution in [0.15, 0.2) is 60.7 Å². The number of carbonyl (C=O) groups is 1. The van der Waals surface area contributed by atoms with Crippen LogP contribution in [0.25, 0.3) is 21.9 Å². The van der Waals surface area contributed by atoms with Gasteiger partial charge in [0.25, 0.3) is 0 Å². The zero-order valence-electron chi connectivity index (χ0n) is 11.1. The molecule has 0 heterocycles. The van der Waals surface area contributed by atoms with Crippen LogP contribution in [0, 0.1) is 5.82 Å². The van der Waals surface area contributed by atoms with Gasteiger partial charge in [-0.05, 0) is 53.1 Å². The van der Waals surface area contributed by atoms with Gasteiger partial charge in [-0.25, -0.2) is 4.39 Å². The minimum absolute atomic E-state index is 0.0270. The Hall–Kier alpha value is -2.48. The second-order valence-electron chi connectivity index (χ2n) is 4.81. The summed E-state index contributed by atoms with van der Waals surface area (Å²) in [6.07, 6.45) is 0. The lowest BCUT2D eigenvalue weighted by atomic mass is 9.94. The fourth-order valence-electron chi connectivity index (χ4n) is 2.38. The molecule has 0 spiro atoms. The van der Waals surface area contributed by atoms with Gasteiger partial charge in [-0.3, -0.25) is 4.79 Å². The minimum Gasteiger partial charge on any atom is -0.295 e. The molecule has 0 saturated carbocycles. The highest BCUT2D eigenvalue weighted by atomic mass is 19.1. The number of fused-ring (bicyclic) bond motifs is 1. The van der Waals surface area contributed by atoms with E-state index in [2.05, 4.69) is 0 Å². The Morgan fingerprint density at radius 3 is 2.35 bits per heavy atom. The third-order valence-corrected chi connectivity index (χ3v) is 3.42. The summed E-state index contributed by atoms with van der Waals surface area (Å²) in [5, 5.41) is 2.07. The predicted octanol–water partition coefficient (Wildman–Crippen LogP) is 4.85. The summed E-state index contributed by atoms with van der Waals surface area (Å²) >= 11 is 0. The van der Waals surface area contributed by atoms with Gasteiger partial charge < -0.3 is 0 Å². The maximum Gasteiger partial charge on any atom is 0.159 e. The zero-order chi connectivity index (χ0) is 14.1. The van der Waals surface area contributed by atoms with Gasteiger partial charge >= 0.3 is 0 Å². The monoisotopic (exact) mass is 264 g/mol. The third-order valence-electron chi connectivity index (χ3n) is 3.42. The van der Waals surface area contributed by atoms with Gasteiger partial charge in [0, 0.05) is 5.56 Å². The first-order chi connectivity index (χ1) is 9.65. The molecular formula is C18H13FO. The van der Waals surface area contributed by atoms with Crippen molar-refractivity contribution >= 4 is 16.6 Å². The van der Waals surface area contributed by atoms with E-state index < -0.39 is 0 Å². The Labute approximate surface area is 116 Å². The number of Topliss-reactive ketones (excluding diaryl/α,β-unsaturated/α-hetero) is 1. The molecule has 3 rings (SSSR count). The molecular weight excluding hydrogens is 251 g/mol. The molecule has 0 aromatic heterocycles. The Bertz CT molecular complexity index is 788. The van der Waals surface area contributed by atoms with Crippen molar-refractivity contribution in [1.82, 2.24) is 0 Å². The van der Waals surface area contributed by atoms with Gasteiger partial charge in [0.2, 0.25) is 0 Å². The summed E-state index contributed by atoms with van der Waals surface area (Å²) in [6, 6.07) is 18.0. The van der Waals surface area contributed by atoms with Crippen LogP contribution < -0.4 is 0 Å². The van der Waals surface area contributed by atoms with Crippen LogP contribution in [0.2, 0.25) is 0 Å². The molecule has 0 N–H and O–H groups in total. The molecule has 0 radical (unpaired) electrons. The predicted molar refractivity (Wildman–Crippen MR) is 79.3 cm³/mol. The smallest absolute Gasteiger partial charge is 0.159 e. The molecule has 0 bridgehead atoms. The molecule has 1 nitrogen and oxygen atoms in total. The number of benzene rings is 3. The SMILES string of the molecule is CC(=O)c1cc(-c2ccc(F)cc2)c2ccccc2c1. The van der Waals surface area contributed by atoms with Gasteiger partial charge in [-0.2, -0.15) is 0 Å². The topological polar surface area (TPSA) is 17.1 Å². The quantitative estimate of drug-likeness (QED) is 0.605. The second kappa shape index (κ2) is 4.89. The van der Waals surface area contributed by atoms with E-state index in [9.17, 15) is 9.18 Å². The van der Waals surface area contributed by atoms with Crippen molar-refractivity contribution in [3.8, 4) is 11.1 Å². The first-order valence-electron chi connectivity index (χ1n) is 6.45. The van der Waals surface area contributed by atoms with Crippen LogP contribution >= 0.6 is 0 Å². The average Bonchev–Trinajstić information content (AvgIpc) is 2.47. The highest BCUT2D eigenvalue weighted by Gasteiger charge is 2.08. The highest BCUT2D eigenvalue weighted by Crippen LogP contribution is 2.30. The summed E-state index contributed by atoms with van der Waals surface area (Å²) < 4.78 is 13.1. The fourth-order valence-corrected chi connectivity index (χ4v) is 2.38. The maximum absolute atomic E-state index is 13.1. The molecule has 20 heavy (non-hydrogen) atoms. The lowest BCUT2D eigenvalue weighted by Gasteiger charge is -2.09. The first-order valence-corrected chi connectivity index (χ1v) is 6.45. The van der Waals surface area contributed by atoms with Crippen molar-refractivity contribution in [2.45, 2.75) is 6.92 Å². The van der Waals surface area contributed by atoms with Crippen molar-refractivity contribution in [2.24, 2.45) is 0 Å². The van der Waals surface area contributed by atoms with Gasteiger partial charge in [0.05, 0.1) is 0 Å². The molecule has 2 heteroatoms. The van der Waals surface area contributed by atoms with E-state index in [1.54, 1.807) is 19.1 Å². The van der Waals surface area contributed by atoms with Crippen LogP contribution in [0.5, 0.6) is 0 Å². The lowest BCUT2D eigenvalue weighted by Crippen LogP contribution is -1.93. The highest BCUT2D eigenvalue weighted by molar-refractivity contribution is 6.04. The summed E-state index contributed by atoms with van der Waals surface area (Å²) in [5.74, 6) is -0.236. The standard InChI is InChI=1S/C18H13FO/c1-12(20)15-10-14-4-2-3-5-17(14)18(11-15)13-6-8-16(19)9-7-13/h2-11H,1H3. The van der Waals surface area contributed by atoms with Gasteiger partial charge in [-0.15, -0.1) is 0 Å². The Morgan fingerprint density at radius 1 is 0.950 bits per heavy atom. The van der Waals surface area contributed by atoms with Crippen molar-refractivity contribution in [1.29, 1.82) is 0 Å². The lowest BCUT2D eigenvalue weighted by molar-refractivity contribution is 0.101. The van der Waals surface area contributed by atoms with E-state index in [0.29, 0.717) is 5.56 Å². The summed E-state index contributed by atoms with van der Waals surface area (Å²) in [6.45, 7) is 1.55. The normalized spacial score (nSPS) is 10.7. The molecule has 3 aromatic rings. The van der Waals surface area contributed by atoms with E-state index in [0.717, 1.165) is 21.9 Å². The van der Waals surface area contributed by atoms with Gasteiger partial charge in [-0.1, -0.05) is 36.4 Å². The Morgan fingerprint density at radius 2 is 1.65 bits per heavy atom. The largest absolute Gasteiger partial charge is 0.295 e. The van der Waals surface area contributed by atoms with Crippen LogP contribution in [0.3, 0.4) is 0 Å². The van der Waals surface area contributed by atoms with E-state index >= 15 is 0 Å². The third kappa shape index (κ3) is 2.21. The molecule has 0 fully saturated rings. The Balaban J connectivity index is 2.32. The van der Waals surface area contributed by atoms with Gasteiger partial charge in [0.1, 0.15) is 5.82 Å². The number of halogens is 1. The van der Waals surface area contributed by atoms with Gasteiger partial charge in [0.15, 0.2) is 5.78 Å². The summed E-state index contributed by atoms with van der Waals surface area (Å²) in [7, 11) is 0. The van der Waals surface area contributed by atoms with Crippen molar-refractivity contribution in [3.63, 3.8) is 0 Å². The van der Waals surface area contributed by atoms with Crippen molar-refractivity contribution in [3.05, 3.63) is 72.0 Å². The average molecular weight is 264 g/mol. The van der Waals surface area contributed by atoms with Crippen LogP contribution in [0.1, 0.15) is 17.3 Å². The molecule has 0 unspecified atom stereocenters. The minimum atomic E-state index is -0.263. The van der Waals surface area contributed by atoms with Crippen molar-refractivity contribution in [2.75, 3.05) is 0 Å². The van der Waals surface area contributed by atoms with E-state index in [1.165, 1.54) is 12.1 Å². The molecule has 0 aliphatic rings. The number of hydrogen-bond donors (Lipinski definition) is 0. The maximum atomic E-state index is 13.1. The summed E-state index contributed by atoms with van der Waals surface area (Å²) in [4.78, 5) is 11.7. The second-order valence-corrected chi connectivity index (χ2v) is 4.81. The van der Waals surface area contributed by atoms with Crippen LogP contribution in [-0.2, 0) is 0 Å². The molecule has 0 aliphatic heterocycles. The number of ketones is 1. The zero-order valence-corrected chi connectivity index (χ0v) is 11.1. The molecule has 0 aliphatic carbocycles.